The number of unbranched alkanes of at least 4 members (excludes halogenated alkanes) is 6. The van der Waals surface area contributed by atoms with Gasteiger partial charge in [0, 0.05) is 108 Å². The number of amides is 2. The number of likely N-dealkylation sites (N-methyl/N-ethyl adjacent to an activating group) is 2. The van der Waals surface area contributed by atoms with Gasteiger partial charge >= 0.3 is 256 Å². The van der Waals surface area contributed by atoms with E-state index in [4.69, 9.17) is 70.9 Å². The van der Waals surface area contributed by atoms with E-state index in [2.05, 4.69) is 135 Å². The van der Waals surface area contributed by atoms with Crippen molar-refractivity contribution in [1.82, 2.24) is 67.4 Å². The molecule has 27 nitrogen and oxygen atoms in total. The Morgan fingerprint density at radius 3 is 1.26 bits per heavy atom. The molecule has 2 fully saturated rings. The Balaban J connectivity index is 0.000000400. The van der Waals surface area contributed by atoms with Crippen LogP contribution in [0.1, 0.15) is 216 Å². The van der Waals surface area contributed by atoms with E-state index < -0.39 is 204 Å². The van der Waals surface area contributed by atoms with Crippen molar-refractivity contribution in [1.29, 1.82) is 0 Å². The summed E-state index contributed by atoms with van der Waals surface area (Å²) in [5.74, 6) is -4.81. The molecule has 0 aliphatic carbocycles. The van der Waals surface area contributed by atoms with Crippen LogP contribution in [0.4, 0.5) is 20.2 Å². The molecule has 0 bridgehead atoms. The minimum absolute atomic E-state index is 0. The number of halogens is 8. The number of nitrogens with zero attached hydrogens (tertiary/aromatic N) is 11. The largest absolute Gasteiger partial charge is 0.325 e. The minimum atomic E-state index is -5.31. The fraction of sp³-hybridized carbons (Fsp3) is 0.456. The predicted octanol–water partition coefficient (Wildman–Crippen LogP) is 22.5. The number of carbonyl (C=O) groups excluding carboxylic acids is 2. The monoisotopic (exact) mass is 2450 g/mol. The molecule has 5 N–H and O–H groups in total. The number of anilines is 2. The van der Waals surface area contributed by atoms with Gasteiger partial charge in [0.2, 0.25) is 11.8 Å². The molecule has 2 aliphatic heterocycles. The molecule has 736 valence electrons. The van der Waals surface area contributed by atoms with Gasteiger partial charge in [0.05, 0.1) is 79.8 Å². The summed E-state index contributed by atoms with van der Waals surface area (Å²) in [7, 11) is -16.1. The van der Waals surface area contributed by atoms with Gasteiger partial charge in [-0.25, -0.2) is 17.2 Å². The van der Waals surface area contributed by atoms with Crippen LogP contribution in [0.3, 0.4) is 0 Å². The standard InChI is InChI=1S/C19H19ClFN5O3S2.C15H14BrClFN3O3S2.C8H10O3S.C7H7ClO2S.C4H5BrN2.2C4H5N2.6C4H9.C3H3BrN2.2CH4.2Sn/c1-25-10-11(9-22-25)17-5-6-18(30-17)15-8-16(26(2)31(28,29)24-15)19(27)23-12-3-4-14(21)13(20)7-12;1-21-12(15(22)19-8-2-3-10(18)9(17)6-8)7-11(20-26(21,23)24)13-4-5-14(16)25-13;1-7-3-5-8(6-4-7)12(9,10)11-2;1-6-2-4-7(5-3-6)11(8,9)10;1-7-3-4(5)2-6-7;2*1-6-4-2-3-5-6;6*1-3-4-2;4-3-1-5-6-2-3;;;;/h3-7,9-10,15-16,24H,8H2,1-2H3,(H,23,27);2-6,11-12,20H,7H2,1H3,(H,19,22);3-6H,1-2H3;2-5H,1H3;2-3H,1H3;2*3-4H,1H3;6*1,3-4H2,2H3;1-2H,(H,5,6);2*1H4;;/i1D3,2D3,8D,15D,16D;1D3,7D,11D,12D;2D3;;3*1D3;;;;;;;;;;;. The summed E-state index contributed by atoms with van der Waals surface area (Å²) in [5, 5.41) is 25.4. The number of thiophene rings is 2. The molecule has 9 heterocycles. The molecule has 13 rings (SSSR count). The Morgan fingerprint density at radius 2 is 0.940 bits per heavy atom. The Kier molecular flexibility index (Phi) is 36.3. The molecule has 6 atom stereocenters. The Hall–Kier alpha value is -5.36. The number of aromatic amines is 1. The molecule has 43 heteroatoms. The second-order valence-electron chi connectivity index (χ2n) is 29.4. The molecule has 4 aromatic carbocycles. The summed E-state index contributed by atoms with van der Waals surface area (Å²) in [6, 6.07) is 11.1. The van der Waals surface area contributed by atoms with E-state index >= 15 is 0 Å². The number of carbonyl (C=O) groups is 2. The summed E-state index contributed by atoms with van der Waals surface area (Å²) in [6.07, 6.45) is 26.6. The third-order valence-electron chi connectivity index (χ3n) is 19.5. The van der Waals surface area contributed by atoms with E-state index in [1.807, 2.05) is 41.2 Å². The zero-order chi connectivity index (χ0) is 120. The molecule has 133 heavy (non-hydrogen) atoms. The molecule has 0 spiro atoms. The summed E-state index contributed by atoms with van der Waals surface area (Å²) in [6.45, 7) is 0.965. The maximum atomic E-state index is 13.6. The summed E-state index contributed by atoms with van der Waals surface area (Å²) >= 11 is 17.4. The summed E-state index contributed by atoms with van der Waals surface area (Å²) in [5.41, 5.74) is 1.77. The maximum absolute atomic E-state index is 13.6. The van der Waals surface area contributed by atoms with E-state index in [1.54, 1.807) is 43.6 Å². The van der Waals surface area contributed by atoms with E-state index in [0.717, 1.165) is 79.4 Å². The van der Waals surface area contributed by atoms with Crippen LogP contribution in [0.25, 0.3) is 10.4 Å². The molecular weight excluding hydrogens is 2290 g/mol. The third-order valence-corrected chi connectivity index (χ3v) is 59.4. The van der Waals surface area contributed by atoms with E-state index in [1.165, 1.54) is 194 Å². The van der Waals surface area contributed by atoms with Gasteiger partial charge in [-0.15, -0.1) is 22.7 Å². The first kappa shape index (κ1) is 82.4. The summed E-state index contributed by atoms with van der Waals surface area (Å²) < 4.78 is 354. The molecule has 2 aliphatic rings. The third kappa shape index (κ3) is 39.0. The van der Waals surface area contributed by atoms with Gasteiger partial charge in [0.15, 0.2) is 0 Å². The Morgan fingerprint density at radius 1 is 0.541 bits per heavy atom. The number of benzene rings is 4. The van der Waals surface area contributed by atoms with Crippen LogP contribution >= 0.6 is 104 Å². The van der Waals surface area contributed by atoms with Gasteiger partial charge in [-0.3, -0.25) is 28.2 Å². The first-order valence-electron chi connectivity index (χ1n) is 54.3. The normalized spacial score (nSPS) is 22.7. The van der Waals surface area contributed by atoms with Crippen molar-refractivity contribution in [3.63, 3.8) is 0 Å². The number of nitrogens with one attached hydrogen (secondary N) is 5. The number of hydrogen-bond acceptors (Lipinski definition) is 18. The molecule has 0 saturated carbocycles. The molecule has 11 aromatic rings. The summed E-state index contributed by atoms with van der Waals surface area (Å²) in [4.78, 5) is 26.6. The quantitative estimate of drug-likeness (QED) is 0.0159. The van der Waals surface area contributed by atoms with Crippen molar-refractivity contribution in [2.45, 2.75) is 221 Å². The van der Waals surface area contributed by atoms with Crippen LogP contribution in [-0.4, -0.2) is 173 Å². The van der Waals surface area contributed by atoms with Crippen LogP contribution in [0, 0.1) is 25.5 Å². The van der Waals surface area contributed by atoms with Crippen molar-refractivity contribution in [3.8, 4) is 10.4 Å². The van der Waals surface area contributed by atoms with Crippen molar-refractivity contribution >= 4 is 211 Å². The average Bonchev–Trinajstić information content (AvgIpc) is 1.11. The smallest absolute Gasteiger partial charge is 0.280 e. The predicted molar refractivity (Wildman–Crippen MR) is 556 cm³/mol. The van der Waals surface area contributed by atoms with Crippen LogP contribution in [-0.2, 0) is 81.3 Å². The Labute approximate surface area is 881 Å². The molecule has 6 unspecified atom stereocenters. The molecular formula is C90H130Br3Cl3F2N16O11S6Sn2. The van der Waals surface area contributed by atoms with Gasteiger partial charge in [0.1, 0.15) is 23.7 Å². The fourth-order valence-electron chi connectivity index (χ4n) is 12.6. The van der Waals surface area contributed by atoms with Crippen molar-refractivity contribution in [3.05, 3.63) is 226 Å². The van der Waals surface area contributed by atoms with Crippen LogP contribution in [0.15, 0.2) is 194 Å². The van der Waals surface area contributed by atoms with E-state index in [-0.39, 0.29) is 51.3 Å². The average molecular weight is 2450 g/mol. The van der Waals surface area contributed by atoms with Crippen LogP contribution in [0.5, 0.6) is 0 Å². The second-order valence-corrected chi connectivity index (χ2v) is 69.2. The number of hydrogen-bond donors (Lipinski definition) is 5. The van der Waals surface area contributed by atoms with Crippen molar-refractivity contribution in [2.24, 2.45) is 27.9 Å². The van der Waals surface area contributed by atoms with Crippen molar-refractivity contribution < 1.29 is 93.2 Å². The van der Waals surface area contributed by atoms with Gasteiger partial charge in [-0.1, -0.05) is 73.4 Å². The first-order chi connectivity index (χ1) is 72.6. The van der Waals surface area contributed by atoms with E-state index in [9.17, 15) is 52.0 Å². The topological polar surface area (TPSA) is 334 Å². The Bertz CT molecular complexity index is 6900. The van der Waals surface area contributed by atoms with Gasteiger partial charge in [0.25, 0.3) is 39.6 Å². The second kappa shape index (κ2) is 58.6. The molecule has 2 saturated heterocycles. The van der Waals surface area contributed by atoms with Crippen LogP contribution < -0.4 is 27.2 Å². The molecule has 2 amide bonds. The number of H-pyrrole nitrogens is 1. The number of rotatable bonds is 30. The molecule has 7 aromatic heterocycles. The number of aromatic nitrogens is 10. The van der Waals surface area contributed by atoms with Gasteiger partial charge < -0.3 is 10.6 Å². The minimum Gasteiger partial charge on any atom is -0.325 e. The van der Waals surface area contributed by atoms with Gasteiger partial charge in [-0.05, 0) is 159 Å². The zero-order valence-electron chi connectivity index (χ0n) is 99.4. The van der Waals surface area contributed by atoms with Gasteiger partial charge in [-0.2, -0.15) is 58.6 Å². The first-order valence-corrected chi connectivity index (χ1v) is 66.9. The maximum Gasteiger partial charge on any atom is 0.280 e. The molecule has 0 radical (unpaired) electrons. The SMILES string of the molecule is Brc1cn[nH]c1.C.C.Cc1ccc(S(=O)(=O)Cl)cc1.[2H]C([2H])([2H])OS(=O)(=O)c1ccc(C)cc1.[2H]C([2H])([2H])n1c[c]([Sn]([CH2]CCC)([CH2]CCC)[CH2]CCC)cn1.[2H]C([2H])([2H])n1c[c]([Sn]([CH2]CCC)([CH2]CCC)[CH2]CCC)cn1.[2H]C([2H])([2H])n1cc(Br)cn1.[2H]C1C([2H])(c2ccc(-c3cnn(C([2H])([2H])[2H])c3)s2)NS(=O)(=O)N(C([2H])([2H])[2H])C1([2H])C(=O)Nc1ccc(F)c(Cl)c1.[2H]C1C([2H])(c2ccc(Br)s2)NS(=O)(=O)N(C([2H])([2H])[2H])C1([2H])C(=O)Nc1ccc(F)c(Cl)c1. The zero-order valence-corrected chi connectivity index (χ0v) is 90.1. The number of aryl methyl sites for hydroxylation is 6. The van der Waals surface area contributed by atoms with E-state index in [0.29, 0.717) is 17.8 Å². The fourth-order valence-corrected chi connectivity index (χ4v) is 50.1. The van der Waals surface area contributed by atoms with Crippen LogP contribution in [0.2, 0.25) is 36.7 Å². The van der Waals surface area contributed by atoms with Crippen molar-refractivity contribution in [2.75, 3.05) is 31.6 Å².